The molecule has 0 fully saturated rings. The van der Waals surface area contributed by atoms with E-state index in [4.69, 9.17) is 23.6 Å². The molecule has 0 bridgehead atoms. The van der Waals surface area contributed by atoms with Gasteiger partial charge in [-0.25, -0.2) is 9.79 Å². The number of rotatable bonds is 6. The summed E-state index contributed by atoms with van der Waals surface area (Å²) in [6.45, 7) is 4.04. The fourth-order valence-electron chi connectivity index (χ4n) is 5.36. The Morgan fingerprint density at radius 3 is 2.68 bits per heavy atom. The summed E-state index contributed by atoms with van der Waals surface area (Å²) in [6.07, 6.45) is 1.71. The Labute approximate surface area is 264 Å². The summed E-state index contributed by atoms with van der Waals surface area (Å²) in [5.74, 6) is 1.78. The Balaban J connectivity index is 1.43. The van der Waals surface area contributed by atoms with E-state index in [1.807, 2.05) is 73.7 Å². The van der Waals surface area contributed by atoms with Crippen LogP contribution in [0.2, 0.25) is 0 Å². The fraction of sp³-hybridized carbons (Fsp3) is 0.147. The summed E-state index contributed by atoms with van der Waals surface area (Å²) in [6, 6.07) is 23.8. The van der Waals surface area contributed by atoms with E-state index in [2.05, 4.69) is 15.9 Å². The van der Waals surface area contributed by atoms with Crippen molar-refractivity contribution in [3.8, 4) is 22.8 Å². The second-order valence-electron chi connectivity index (χ2n) is 10.2. The lowest BCUT2D eigenvalue weighted by molar-refractivity contribution is -0.138. The molecular weight excluding hydrogens is 644 g/mol. The Hall–Kier alpha value is -4.67. The summed E-state index contributed by atoms with van der Waals surface area (Å²) >= 11 is 4.85. The Morgan fingerprint density at radius 2 is 1.89 bits per heavy atom. The van der Waals surface area contributed by atoms with Gasteiger partial charge in [0.05, 0.1) is 28.5 Å². The molecule has 1 atom stereocenters. The average Bonchev–Trinajstić information content (AvgIpc) is 3.76. The molecule has 0 saturated carbocycles. The van der Waals surface area contributed by atoms with E-state index in [1.54, 1.807) is 29.7 Å². The van der Waals surface area contributed by atoms with Gasteiger partial charge < -0.3 is 18.6 Å². The molecule has 0 N–H and O–H groups in total. The number of benzene rings is 3. The number of carbonyl (C=O) groups excluding carboxylic acids is 1. The maximum absolute atomic E-state index is 14.2. The maximum atomic E-state index is 14.2. The monoisotopic (exact) mass is 668 g/mol. The number of hydrogen-bond acceptors (Lipinski definition) is 8. The predicted molar refractivity (Wildman–Crippen MR) is 170 cm³/mol. The molecule has 0 radical (unpaired) electrons. The molecule has 5 aromatic rings. The number of ether oxygens (including phenoxy) is 3. The van der Waals surface area contributed by atoms with E-state index >= 15 is 0 Å². The van der Waals surface area contributed by atoms with Crippen LogP contribution in [-0.4, -0.2) is 23.9 Å². The number of carbonyl (C=O) groups is 1. The minimum Gasteiger partial charge on any atom is -0.463 e. The second kappa shape index (κ2) is 11.4. The molecule has 0 amide bonds. The highest BCUT2D eigenvalue weighted by Crippen LogP contribution is 2.40. The molecule has 0 spiro atoms. The van der Waals surface area contributed by atoms with Gasteiger partial charge in [0.15, 0.2) is 16.3 Å². The highest BCUT2D eigenvalue weighted by atomic mass is 79.9. The van der Waals surface area contributed by atoms with Crippen LogP contribution < -0.4 is 24.4 Å². The number of aryl methyl sites for hydroxylation is 1. The number of fused-ring (bicyclic) bond motifs is 2. The van der Waals surface area contributed by atoms with Crippen LogP contribution in [0.4, 0.5) is 0 Å². The van der Waals surface area contributed by atoms with Crippen molar-refractivity contribution in [1.29, 1.82) is 0 Å². The molecule has 2 aliphatic heterocycles. The van der Waals surface area contributed by atoms with Gasteiger partial charge in [-0.2, -0.15) is 0 Å². The van der Waals surface area contributed by atoms with Gasteiger partial charge in [-0.05, 0) is 61.4 Å². The smallest absolute Gasteiger partial charge is 0.338 e. The molecule has 7 rings (SSSR count). The lowest BCUT2D eigenvalue weighted by atomic mass is 9.93. The molecule has 44 heavy (non-hydrogen) atoms. The molecule has 4 heterocycles. The quantitative estimate of drug-likeness (QED) is 0.206. The van der Waals surface area contributed by atoms with E-state index in [0.717, 1.165) is 21.2 Å². The molecule has 220 valence electrons. The SMILES string of the molecule is CCOC(=O)C1=C(c2ccccc2)N=c2s/c(=C/c3ccc(-c4ccc(C)cc4Br)o3)c(=O)n2C1c1ccc2c(c1)OCO2. The van der Waals surface area contributed by atoms with Crippen LogP contribution in [0, 0.1) is 6.92 Å². The van der Waals surface area contributed by atoms with Crippen molar-refractivity contribution in [3.05, 3.63) is 131 Å². The largest absolute Gasteiger partial charge is 0.463 e. The van der Waals surface area contributed by atoms with Gasteiger partial charge in [-0.1, -0.05) is 69.7 Å². The molecule has 1 unspecified atom stereocenters. The van der Waals surface area contributed by atoms with Crippen molar-refractivity contribution in [2.45, 2.75) is 19.9 Å². The molecule has 3 aromatic carbocycles. The molecule has 2 aliphatic rings. The predicted octanol–water partition coefficient (Wildman–Crippen LogP) is 6.00. The minimum atomic E-state index is -0.826. The molecule has 2 aromatic heterocycles. The zero-order chi connectivity index (χ0) is 30.4. The summed E-state index contributed by atoms with van der Waals surface area (Å²) < 4.78 is 25.8. The maximum Gasteiger partial charge on any atom is 0.338 e. The molecule has 0 aliphatic carbocycles. The van der Waals surface area contributed by atoms with Crippen LogP contribution in [-0.2, 0) is 9.53 Å². The molecule has 10 heteroatoms. The molecular formula is C34H25BrN2O6S. The van der Waals surface area contributed by atoms with Crippen molar-refractivity contribution in [2.24, 2.45) is 4.99 Å². The topological polar surface area (TPSA) is 92.3 Å². The van der Waals surface area contributed by atoms with Crippen molar-refractivity contribution >= 4 is 45.0 Å². The van der Waals surface area contributed by atoms with Gasteiger partial charge in [-0.3, -0.25) is 9.36 Å². The first-order valence-electron chi connectivity index (χ1n) is 14.0. The van der Waals surface area contributed by atoms with Gasteiger partial charge >= 0.3 is 5.97 Å². The molecule has 0 saturated heterocycles. The van der Waals surface area contributed by atoms with Gasteiger partial charge in [0.1, 0.15) is 11.5 Å². The highest BCUT2D eigenvalue weighted by Gasteiger charge is 2.36. The van der Waals surface area contributed by atoms with E-state index in [1.165, 1.54) is 11.3 Å². The van der Waals surface area contributed by atoms with E-state index in [0.29, 0.717) is 43.6 Å². The normalized spacial score (nSPS) is 15.7. The van der Waals surface area contributed by atoms with Crippen molar-refractivity contribution in [2.75, 3.05) is 13.4 Å². The highest BCUT2D eigenvalue weighted by molar-refractivity contribution is 9.10. The number of esters is 1. The summed E-state index contributed by atoms with van der Waals surface area (Å²) in [5, 5.41) is 0. The van der Waals surface area contributed by atoms with Crippen LogP contribution in [0.5, 0.6) is 11.5 Å². The number of hydrogen-bond donors (Lipinski definition) is 0. The first-order valence-corrected chi connectivity index (χ1v) is 15.6. The zero-order valence-corrected chi connectivity index (χ0v) is 26.1. The van der Waals surface area contributed by atoms with E-state index in [9.17, 15) is 9.59 Å². The minimum absolute atomic E-state index is 0.0989. The molecule has 8 nitrogen and oxygen atoms in total. The van der Waals surface area contributed by atoms with Crippen molar-refractivity contribution < 1.29 is 23.4 Å². The third kappa shape index (κ3) is 4.99. The second-order valence-corrected chi connectivity index (χ2v) is 12.1. The lowest BCUT2D eigenvalue weighted by Crippen LogP contribution is -2.40. The Bertz CT molecular complexity index is 2140. The number of halogens is 1. The van der Waals surface area contributed by atoms with Crippen LogP contribution in [0.15, 0.2) is 103 Å². The lowest BCUT2D eigenvalue weighted by Gasteiger charge is -2.26. The standard InChI is InChI=1S/C34H25BrN2O6S/c1-3-40-33(39)29-30(20-7-5-4-6-8-20)36-34-37(31(29)21-10-13-26-27(16-21)42-18-41-26)32(38)28(44-34)17-22-11-14-25(43-22)23-12-9-19(2)15-24(23)35/h4-17,31H,3,18H2,1-2H3/b28-17+. The van der Waals surface area contributed by atoms with Gasteiger partial charge in [0.2, 0.25) is 6.79 Å². The van der Waals surface area contributed by atoms with Crippen LogP contribution >= 0.6 is 27.3 Å². The first kappa shape index (κ1) is 28.1. The van der Waals surface area contributed by atoms with Gasteiger partial charge in [0.25, 0.3) is 5.56 Å². The van der Waals surface area contributed by atoms with Gasteiger partial charge in [0, 0.05) is 21.7 Å². The van der Waals surface area contributed by atoms with Crippen molar-refractivity contribution in [1.82, 2.24) is 4.57 Å². The average molecular weight is 670 g/mol. The summed E-state index contributed by atoms with van der Waals surface area (Å²) in [7, 11) is 0. The van der Waals surface area contributed by atoms with Crippen LogP contribution in [0.25, 0.3) is 23.1 Å². The first-order chi connectivity index (χ1) is 21.4. The summed E-state index contributed by atoms with van der Waals surface area (Å²) in [4.78, 5) is 33.2. The third-order valence-corrected chi connectivity index (χ3v) is 9.02. The summed E-state index contributed by atoms with van der Waals surface area (Å²) in [5.41, 5.74) is 3.84. The number of thiazole rings is 1. The third-order valence-electron chi connectivity index (χ3n) is 7.38. The van der Waals surface area contributed by atoms with Gasteiger partial charge in [-0.15, -0.1) is 0 Å². The van der Waals surface area contributed by atoms with E-state index in [-0.39, 0.29) is 24.5 Å². The number of nitrogens with zero attached hydrogens (tertiary/aromatic N) is 2. The number of aromatic nitrogens is 1. The Morgan fingerprint density at radius 1 is 1.07 bits per heavy atom. The van der Waals surface area contributed by atoms with Crippen LogP contribution in [0.1, 0.15) is 35.4 Å². The Kier molecular flexibility index (Phi) is 7.31. The number of furan rings is 1. The zero-order valence-electron chi connectivity index (χ0n) is 23.7. The van der Waals surface area contributed by atoms with E-state index < -0.39 is 12.0 Å². The fourth-order valence-corrected chi connectivity index (χ4v) is 7.03. The van der Waals surface area contributed by atoms with Crippen LogP contribution in [0.3, 0.4) is 0 Å². The van der Waals surface area contributed by atoms with Crippen molar-refractivity contribution in [3.63, 3.8) is 0 Å².